The summed E-state index contributed by atoms with van der Waals surface area (Å²) in [7, 11) is 4.03. The Labute approximate surface area is 107 Å². The zero-order valence-electron chi connectivity index (χ0n) is 10.8. The third-order valence-electron chi connectivity index (χ3n) is 3.33. The molecule has 2 atom stereocenters. The molecule has 3 nitrogen and oxygen atoms in total. The molecule has 0 aliphatic carbocycles. The Kier molecular flexibility index (Phi) is 4.99. The minimum atomic E-state index is 0.520. The Morgan fingerprint density at radius 2 is 2.06 bits per heavy atom. The van der Waals surface area contributed by atoms with Crippen molar-refractivity contribution in [3.63, 3.8) is 0 Å². The van der Waals surface area contributed by atoms with Crippen LogP contribution in [0.15, 0.2) is 4.47 Å². The molecule has 0 radical (unpaired) electrons. The topological polar surface area (TPSA) is 29.9 Å². The monoisotopic (exact) mass is 287 g/mol. The van der Waals surface area contributed by atoms with Gasteiger partial charge in [-0.1, -0.05) is 13.8 Å². The minimum absolute atomic E-state index is 0.520. The molecule has 1 rings (SSSR count). The van der Waals surface area contributed by atoms with Gasteiger partial charge < -0.3 is 5.32 Å². The van der Waals surface area contributed by atoms with Crippen LogP contribution in [-0.2, 0) is 19.9 Å². The lowest BCUT2D eigenvalue weighted by molar-refractivity contribution is 0.414. The number of nitrogens with one attached hydrogen (secondary N) is 1. The molecule has 1 aromatic heterocycles. The van der Waals surface area contributed by atoms with Gasteiger partial charge in [0.2, 0.25) is 0 Å². The van der Waals surface area contributed by atoms with E-state index < -0.39 is 0 Å². The molecule has 0 spiro atoms. The van der Waals surface area contributed by atoms with Crippen molar-refractivity contribution in [3.05, 3.63) is 15.9 Å². The van der Waals surface area contributed by atoms with E-state index in [-0.39, 0.29) is 0 Å². The molecule has 92 valence electrons. The van der Waals surface area contributed by atoms with Crippen molar-refractivity contribution in [1.29, 1.82) is 0 Å². The SMILES string of the molecule is CCc1nn(C)c(CC(C)C(C)NC)c1Br. The zero-order chi connectivity index (χ0) is 12.3. The third-order valence-corrected chi connectivity index (χ3v) is 4.24. The van der Waals surface area contributed by atoms with Crippen molar-refractivity contribution in [2.24, 2.45) is 13.0 Å². The number of rotatable bonds is 5. The molecule has 0 aliphatic rings. The van der Waals surface area contributed by atoms with Gasteiger partial charge in [0.25, 0.3) is 0 Å². The quantitative estimate of drug-likeness (QED) is 0.902. The zero-order valence-corrected chi connectivity index (χ0v) is 12.4. The predicted molar refractivity (Wildman–Crippen MR) is 71.7 cm³/mol. The van der Waals surface area contributed by atoms with E-state index in [1.165, 1.54) is 10.2 Å². The number of hydrogen-bond donors (Lipinski definition) is 1. The number of halogens is 1. The first-order valence-electron chi connectivity index (χ1n) is 5.88. The van der Waals surface area contributed by atoms with Gasteiger partial charge in [-0.15, -0.1) is 0 Å². The molecular formula is C12H22BrN3. The van der Waals surface area contributed by atoms with Crippen molar-refractivity contribution in [1.82, 2.24) is 15.1 Å². The molecule has 1 N–H and O–H groups in total. The van der Waals surface area contributed by atoms with Gasteiger partial charge in [-0.3, -0.25) is 4.68 Å². The highest BCUT2D eigenvalue weighted by Crippen LogP contribution is 2.24. The molecule has 16 heavy (non-hydrogen) atoms. The summed E-state index contributed by atoms with van der Waals surface area (Å²) in [5, 5.41) is 7.82. The van der Waals surface area contributed by atoms with Crippen LogP contribution in [-0.4, -0.2) is 22.9 Å². The van der Waals surface area contributed by atoms with Crippen molar-refractivity contribution in [2.45, 2.75) is 39.7 Å². The molecule has 0 bridgehead atoms. The number of aromatic nitrogens is 2. The second-order valence-electron chi connectivity index (χ2n) is 4.44. The van der Waals surface area contributed by atoms with Crippen LogP contribution in [0.4, 0.5) is 0 Å². The number of nitrogens with zero attached hydrogens (tertiary/aromatic N) is 2. The third kappa shape index (κ3) is 2.86. The molecule has 0 aliphatic heterocycles. The fourth-order valence-electron chi connectivity index (χ4n) is 1.81. The smallest absolute Gasteiger partial charge is 0.0766 e. The van der Waals surface area contributed by atoms with E-state index in [9.17, 15) is 0 Å². The van der Waals surface area contributed by atoms with Crippen LogP contribution in [0.5, 0.6) is 0 Å². The summed E-state index contributed by atoms with van der Waals surface area (Å²) in [6.07, 6.45) is 2.02. The largest absolute Gasteiger partial charge is 0.317 e. The average molecular weight is 288 g/mol. The van der Waals surface area contributed by atoms with Crippen LogP contribution in [0.25, 0.3) is 0 Å². The number of aryl methyl sites for hydroxylation is 2. The van der Waals surface area contributed by atoms with Gasteiger partial charge in [-0.25, -0.2) is 0 Å². The number of hydrogen-bond acceptors (Lipinski definition) is 2. The molecule has 0 saturated carbocycles. The molecule has 0 fully saturated rings. The Hall–Kier alpha value is -0.350. The molecule has 0 saturated heterocycles. The van der Waals surface area contributed by atoms with Crippen LogP contribution < -0.4 is 5.32 Å². The van der Waals surface area contributed by atoms with Gasteiger partial charge >= 0.3 is 0 Å². The van der Waals surface area contributed by atoms with Crippen LogP contribution in [0.3, 0.4) is 0 Å². The summed E-state index contributed by atoms with van der Waals surface area (Å²) >= 11 is 3.66. The van der Waals surface area contributed by atoms with Gasteiger partial charge in [-0.2, -0.15) is 5.10 Å². The van der Waals surface area contributed by atoms with Gasteiger partial charge in [0.1, 0.15) is 0 Å². The second kappa shape index (κ2) is 5.82. The first-order valence-corrected chi connectivity index (χ1v) is 6.68. The van der Waals surface area contributed by atoms with Crippen molar-refractivity contribution in [3.8, 4) is 0 Å². The van der Waals surface area contributed by atoms with Crippen LogP contribution >= 0.6 is 15.9 Å². The van der Waals surface area contributed by atoms with Crippen LogP contribution in [0.2, 0.25) is 0 Å². The van der Waals surface area contributed by atoms with E-state index in [2.05, 4.69) is 47.1 Å². The Morgan fingerprint density at radius 1 is 1.44 bits per heavy atom. The molecule has 0 amide bonds. The van der Waals surface area contributed by atoms with E-state index in [0.717, 1.165) is 18.5 Å². The molecular weight excluding hydrogens is 266 g/mol. The Bertz CT molecular complexity index is 346. The van der Waals surface area contributed by atoms with Gasteiger partial charge in [0.05, 0.1) is 15.9 Å². The van der Waals surface area contributed by atoms with E-state index in [0.29, 0.717) is 12.0 Å². The molecule has 4 heteroatoms. The fourth-order valence-corrected chi connectivity index (χ4v) is 2.59. The van der Waals surface area contributed by atoms with Gasteiger partial charge in [0.15, 0.2) is 0 Å². The van der Waals surface area contributed by atoms with Crippen LogP contribution in [0, 0.1) is 5.92 Å². The lowest BCUT2D eigenvalue weighted by atomic mass is 9.98. The molecule has 1 aromatic rings. The summed E-state index contributed by atoms with van der Waals surface area (Å²) in [5.74, 6) is 0.599. The minimum Gasteiger partial charge on any atom is -0.317 e. The highest BCUT2D eigenvalue weighted by molar-refractivity contribution is 9.10. The summed E-state index contributed by atoms with van der Waals surface area (Å²) < 4.78 is 3.19. The van der Waals surface area contributed by atoms with Crippen molar-refractivity contribution in [2.75, 3.05) is 7.05 Å². The average Bonchev–Trinajstić information content (AvgIpc) is 2.55. The normalized spacial score (nSPS) is 15.1. The Morgan fingerprint density at radius 3 is 2.50 bits per heavy atom. The first-order chi connectivity index (χ1) is 7.51. The summed E-state index contributed by atoms with van der Waals surface area (Å²) in [6, 6.07) is 0.520. The van der Waals surface area contributed by atoms with E-state index in [4.69, 9.17) is 0 Å². The standard InChI is InChI=1S/C12H22BrN3/c1-6-10-12(13)11(16(5)15-10)7-8(2)9(3)14-4/h8-9,14H,6-7H2,1-5H3. The summed E-state index contributed by atoms with van der Waals surface area (Å²) in [5.41, 5.74) is 2.45. The van der Waals surface area contributed by atoms with Crippen molar-refractivity contribution >= 4 is 15.9 Å². The lowest BCUT2D eigenvalue weighted by Gasteiger charge is -2.19. The maximum atomic E-state index is 4.52. The maximum Gasteiger partial charge on any atom is 0.0766 e. The Balaban J connectivity index is 2.84. The molecule has 2 unspecified atom stereocenters. The first kappa shape index (κ1) is 13.7. The lowest BCUT2D eigenvalue weighted by Crippen LogP contribution is -2.30. The van der Waals surface area contributed by atoms with Crippen molar-refractivity contribution < 1.29 is 0 Å². The molecule has 0 aromatic carbocycles. The van der Waals surface area contributed by atoms with Crippen LogP contribution in [0.1, 0.15) is 32.2 Å². The van der Waals surface area contributed by atoms with E-state index >= 15 is 0 Å². The highest BCUT2D eigenvalue weighted by Gasteiger charge is 2.17. The van der Waals surface area contributed by atoms with E-state index in [1.807, 2.05) is 18.8 Å². The fraction of sp³-hybridized carbons (Fsp3) is 0.750. The summed E-state index contributed by atoms with van der Waals surface area (Å²) in [4.78, 5) is 0. The highest BCUT2D eigenvalue weighted by atomic mass is 79.9. The second-order valence-corrected chi connectivity index (χ2v) is 5.24. The predicted octanol–water partition coefficient (Wildman–Crippen LogP) is 2.53. The summed E-state index contributed by atoms with van der Waals surface area (Å²) in [6.45, 7) is 6.62. The van der Waals surface area contributed by atoms with Gasteiger partial charge in [-0.05, 0) is 48.7 Å². The van der Waals surface area contributed by atoms with E-state index in [1.54, 1.807) is 0 Å². The maximum absolute atomic E-state index is 4.52. The molecule has 1 heterocycles. The van der Waals surface area contributed by atoms with Gasteiger partial charge in [0, 0.05) is 13.1 Å².